The van der Waals surface area contributed by atoms with Crippen molar-refractivity contribution in [3.05, 3.63) is 28.8 Å². The number of rotatable bonds is 4. The highest BCUT2D eigenvalue weighted by Crippen LogP contribution is 2.23. The molecule has 0 radical (unpaired) electrons. The van der Waals surface area contributed by atoms with E-state index in [1.807, 2.05) is 0 Å². The molecule has 0 unspecified atom stereocenters. The topological polar surface area (TPSA) is 35.2 Å². The summed E-state index contributed by atoms with van der Waals surface area (Å²) in [7, 11) is 0. The van der Waals surface area contributed by atoms with E-state index in [0.29, 0.717) is 33.8 Å². The number of ether oxygens (including phenoxy) is 1. The lowest BCUT2D eigenvalue weighted by molar-refractivity contribution is 0.270. The molecule has 1 aromatic carbocycles. The van der Waals surface area contributed by atoms with Crippen LogP contribution in [0.2, 0.25) is 5.02 Å². The molecule has 0 heterocycles. The Labute approximate surface area is 100 Å². The fourth-order valence-electron chi connectivity index (χ4n) is 1.08. The van der Waals surface area contributed by atoms with E-state index in [4.69, 9.17) is 34.3 Å². The molecule has 4 heteroatoms. The first-order chi connectivity index (χ1) is 7.00. The van der Waals surface area contributed by atoms with Gasteiger partial charge in [0.1, 0.15) is 10.7 Å². The largest absolute Gasteiger partial charge is 0.493 e. The molecule has 15 heavy (non-hydrogen) atoms. The van der Waals surface area contributed by atoms with Crippen LogP contribution in [0, 0.1) is 5.92 Å². The molecule has 0 fully saturated rings. The molecule has 2 nitrogen and oxygen atoms in total. The minimum absolute atomic E-state index is 0.302. The summed E-state index contributed by atoms with van der Waals surface area (Å²) in [6.07, 6.45) is 0. The van der Waals surface area contributed by atoms with Crippen LogP contribution in [0.1, 0.15) is 19.4 Å². The number of thiocarbonyl (C=S) groups is 1. The van der Waals surface area contributed by atoms with Gasteiger partial charge in [0.05, 0.1) is 12.2 Å². The molecule has 0 aromatic heterocycles. The molecular formula is C11H14ClNOS. The standard InChI is InChI=1S/C11H14ClNOS/c1-7(2)6-14-10-4-3-8(12)5-9(10)11(13)15/h3-5,7H,6H2,1-2H3,(H2,13,15). The molecule has 0 aliphatic heterocycles. The minimum atomic E-state index is 0.302. The Morgan fingerprint density at radius 3 is 2.73 bits per heavy atom. The van der Waals surface area contributed by atoms with Crippen molar-refractivity contribution in [2.75, 3.05) is 6.61 Å². The average Bonchev–Trinajstić information content (AvgIpc) is 2.15. The normalized spacial score (nSPS) is 10.4. The van der Waals surface area contributed by atoms with Crippen LogP contribution < -0.4 is 10.5 Å². The highest BCUT2D eigenvalue weighted by atomic mass is 35.5. The Bertz CT molecular complexity index is 366. The Morgan fingerprint density at radius 2 is 2.20 bits per heavy atom. The van der Waals surface area contributed by atoms with Crippen molar-refractivity contribution in [1.29, 1.82) is 0 Å². The number of halogens is 1. The van der Waals surface area contributed by atoms with Crippen molar-refractivity contribution in [3.8, 4) is 5.75 Å². The van der Waals surface area contributed by atoms with Gasteiger partial charge in [0, 0.05) is 5.02 Å². The van der Waals surface area contributed by atoms with E-state index in [2.05, 4.69) is 13.8 Å². The molecule has 0 atom stereocenters. The van der Waals surface area contributed by atoms with E-state index in [1.54, 1.807) is 18.2 Å². The minimum Gasteiger partial charge on any atom is -0.493 e. The summed E-state index contributed by atoms with van der Waals surface area (Å²) in [5, 5.41) is 0.606. The van der Waals surface area contributed by atoms with Crippen LogP contribution in [-0.2, 0) is 0 Å². The zero-order valence-corrected chi connectivity index (χ0v) is 10.4. The second kappa shape index (κ2) is 5.33. The maximum Gasteiger partial charge on any atom is 0.129 e. The zero-order valence-electron chi connectivity index (χ0n) is 8.79. The van der Waals surface area contributed by atoms with Crippen molar-refractivity contribution >= 4 is 28.8 Å². The van der Waals surface area contributed by atoms with Gasteiger partial charge in [-0.3, -0.25) is 0 Å². The van der Waals surface area contributed by atoms with E-state index in [9.17, 15) is 0 Å². The van der Waals surface area contributed by atoms with Gasteiger partial charge in [0.25, 0.3) is 0 Å². The van der Waals surface area contributed by atoms with E-state index >= 15 is 0 Å². The zero-order chi connectivity index (χ0) is 11.4. The molecule has 82 valence electrons. The monoisotopic (exact) mass is 243 g/mol. The van der Waals surface area contributed by atoms with Crippen LogP contribution in [0.15, 0.2) is 18.2 Å². The molecule has 0 spiro atoms. The Balaban J connectivity index is 2.91. The van der Waals surface area contributed by atoms with Crippen molar-refractivity contribution in [2.24, 2.45) is 11.7 Å². The summed E-state index contributed by atoms with van der Waals surface area (Å²) < 4.78 is 5.59. The van der Waals surface area contributed by atoms with Crippen molar-refractivity contribution < 1.29 is 4.74 Å². The average molecular weight is 244 g/mol. The second-order valence-corrected chi connectivity index (χ2v) is 4.59. The Morgan fingerprint density at radius 1 is 1.53 bits per heavy atom. The summed E-state index contributed by atoms with van der Waals surface area (Å²) in [5.74, 6) is 1.15. The van der Waals surface area contributed by atoms with Crippen LogP contribution in [0.4, 0.5) is 0 Å². The summed E-state index contributed by atoms with van der Waals surface area (Å²) in [6.45, 7) is 4.80. The van der Waals surface area contributed by atoms with Crippen molar-refractivity contribution in [3.63, 3.8) is 0 Å². The predicted molar refractivity (Wildman–Crippen MR) is 67.7 cm³/mol. The van der Waals surface area contributed by atoms with E-state index < -0.39 is 0 Å². The summed E-state index contributed by atoms with van der Waals surface area (Å²) >= 11 is 10.8. The molecular weight excluding hydrogens is 230 g/mol. The van der Waals surface area contributed by atoms with Crippen LogP contribution >= 0.6 is 23.8 Å². The summed E-state index contributed by atoms with van der Waals surface area (Å²) in [5.41, 5.74) is 6.28. The molecule has 0 saturated carbocycles. The Kier molecular flexibility index (Phi) is 4.36. The Hall–Kier alpha value is -0.800. The van der Waals surface area contributed by atoms with E-state index in [-0.39, 0.29) is 0 Å². The number of benzene rings is 1. The van der Waals surface area contributed by atoms with Gasteiger partial charge >= 0.3 is 0 Å². The van der Waals surface area contributed by atoms with Gasteiger partial charge in [-0.1, -0.05) is 37.7 Å². The SMILES string of the molecule is CC(C)COc1ccc(Cl)cc1C(N)=S. The highest BCUT2D eigenvalue weighted by Gasteiger charge is 2.07. The predicted octanol–water partition coefficient (Wildman–Crippen LogP) is 3.01. The smallest absolute Gasteiger partial charge is 0.129 e. The maximum absolute atomic E-state index is 5.85. The molecule has 1 rings (SSSR count). The third-order valence-corrected chi connectivity index (χ3v) is 2.23. The number of hydrogen-bond acceptors (Lipinski definition) is 2. The lowest BCUT2D eigenvalue weighted by Gasteiger charge is -2.12. The molecule has 0 aliphatic rings. The molecule has 2 N–H and O–H groups in total. The van der Waals surface area contributed by atoms with Gasteiger partial charge < -0.3 is 10.5 Å². The first-order valence-electron chi connectivity index (χ1n) is 4.73. The fourth-order valence-corrected chi connectivity index (χ4v) is 1.41. The molecule has 0 bridgehead atoms. The quantitative estimate of drug-likeness (QED) is 0.826. The molecule has 1 aromatic rings. The van der Waals surface area contributed by atoms with Crippen LogP contribution in [-0.4, -0.2) is 11.6 Å². The van der Waals surface area contributed by atoms with Crippen LogP contribution in [0.5, 0.6) is 5.75 Å². The van der Waals surface area contributed by atoms with Gasteiger partial charge in [-0.15, -0.1) is 0 Å². The lowest BCUT2D eigenvalue weighted by Crippen LogP contribution is -2.13. The second-order valence-electron chi connectivity index (χ2n) is 3.71. The number of nitrogens with two attached hydrogens (primary N) is 1. The van der Waals surface area contributed by atoms with Crippen molar-refractivity contribution in [1.82, 2.24) is 0 Å². The summed E-state index contributed by atoms with van der Waals surface area (Å²) in [4.78, 5) is 0.302. The third kappa shape index (κ3) is 3.68. The van der Waals surface area contributed by atoms with Gasteiger partial charge in [0.15, 0.2) is 0 Å². The molecule has 0 amide bonds. The van der Waals surface area contributed by atoms with Crippen LogP contribution in [0.3, 0.4) is 0 Å². The van der Waals surface area contributed by atoms with Crippen LogP contribution in [0.25, 0.3) is 0 Å². The first kappa shape index (κ1) is 12.3. The van der Waals surface area contributed by atoms with E-state index in [0.717, 1.165) is 0 Å². The van der Waals surface area contributed by atoms with Gasteiger partial charge in [-0.05, 0) is 24.1 Å². The van der Waals surface area contributed by atoms with Crippen molar-refractivity contribution in [2.45, 2.75) is 13.8 Å². The number of hydrogen-bond donors (Lipinski definition) is 1. The summed E-state index contributed by atoms with van der Waals surface area (Å²) in [6, 6.07) is 5.28. The van der Waals surface area contributed by atoms with Gasteiger partial charge in [-0.25, -0.2) is 0 Å². The first-order valence-corrected chi connectivity index (χ1v) is 5.51. The van der Waals surface area contributed by atoms with E-state index in [1.165, 1.54) is 0 Å². The highest BCUT2D eigenvalue weighted by molar-refractivity contribution is 7.80. The van der Waals surface area contributed by atoms with Gasteiger partial charge in [0.2, 0.25) is 0 Å². The molecule has 0 saturated heterocycles. The maximum atomic E-state index is 5.85. The molecule has 0 aliphatic carbocycles. The third-order valence-electron chi connectivity index (χ3n) is 1.78. The fraction of sp³-hybridized carbons (Fsp3) is 0.364. The van der Waals surface area contributed by atoms with Gasteiger partial charge in [-0.2, -0.15) is 0 Å². The lowest BCUT2D eigenvalue weighted by atomic mass is 10.2.